The summed E-state index contributed by atoms with van der Waals surface area (Å²) in [6.45, 7) is 16.7. The van der Waals surface area contributed by atoms with Crippen LogP contribution < -0.4 is 0 Å². The number of rotatable bonds is 7. The van der Waals surface area contributed by atoms with Gasteiger partial charge in [0.15, 0.2) is 0 Å². The molecule has 3 aromatic rings. The van der Waals surface area contributed by atoms with Gasteiger partial charge < -0.3 is 18.6 Å². The number of halogens is 1. The summed E-state index contributed by atoms with van der Waals surface area (Å²) >= 11 is 6.95. The minimum Gasteiger partial charge on any atom is -0.405 e. The SMILES string of the molecule is CC1CC=NC=C1c1cccc(C2C=C(c3cc(CC4(C)OB(B5OC(C)(C)C(C)(C)O5)OC4(C)C)cc(-c4cccnc4)c3)C=C(Cl)C2)c1. The molecular weight excluding hydrogens is 642 g/mol. The third-order valence-electron chi connectivity index (χ3n) is 11.5. The molecule has 9 heteroatoms. The first kappa shape index (κ1) is 35.2. The number of benzene rings is 2. The zero-order chi connectivity index (χ0) is 35.5. The van der Waals surface area contributed by atoms with Crippen molar-refractivity contribution in [3.8, 4) is 11.1 Å². The van der Waals surface area contributed by atoms with Gasteiger partial charge in [-0.3, -0.25) is 9.98 Å². The molecule has 50 heavy (non-hydrogen) atoms. The Kier molecular flexibility index (Phi) is 9.18. The Morgan fingerprint density at radius 3 is 2.22 bits per heavy atom. The topological polar surface area (TPSA) is 62.2 Å². The molecule has 1 aromatic heterocycles. The normalized spacial score (nSPS) is 26.9. The van der Waals surface area contributed by atoms with E-state index < -0.39 is 36.4 Å². The summed E-state index contributed by atoms with van der Waals surface area (Å²) in [5.41, 5.74) is 6.95. The van der Waals surface area contributed by atoms with Gasteiger partial charge in [0.25, 0.3) is 0 Å². The van der Waals surface area contributed by atoms with Crippen LogP contribution >= 0.6 is 11.6 Å². The Balaban J connectivity index is 1.23. The summed E-state index contributed by atoms with van der Waals surface area (Å²) in [6.07, 6.45) is 14.5. The molecular formula is C41H47B2ClN2O4. The van der Waals surface area contributed by atoms with Gasteiger partial charge in [0, 0.05) is 47.7 Å². The van der Waals surface area contributed by atoms with Crippen LogP contribution in [0.15, 0.2) is 95.4 Å². The Labute approximate surface area is 303 Å². The number of nitrogens with zero attached hydrogens (tertiary/aromatic N) is 2. The summed E-state index contributed by atoms with van der Waals surface area (Å²) in [5, 5.41) is 0.840. The first-order chi connectivity index (χ1) is 23.6. The van der Waals surface area contributed by atoms with Crippen molar-refractivity contribution in [3.05, 3.63) is 113 Å². The number of aromatic nitrogens is 1. The van der Waals surface area contributed by atoms with Gasteiger partial charge in [0.1, 0.15) is 0 Å². The summed E-state index contributed by atoms with van der Waals surface area (Å²) in [6, 6.07) is 19.7. The molecule has 2 aromatic carbocycles. The van der Waals surface area contributed by atoms with E-state index in [9.17, 15) is 0 Å². The molecule has 7 rings (SSSR count). The lowest BCUT2D eigenvalue weighted by molar-refractivity contribution is -0.00876. The average molecular weight is 689 g/mol. The van der Waals surface area contributed by atoms with Crippen molar-refractivity contribution >= 4 is 43.0 Å². The number of pyridine rings is 1. The van der Waals surface area contributed by atoms with E-state index in [1.54, 1.807) is 6.20 Å². The van der Waals surface area contributed by atoms with Gasteiger partial charge >= 0.3 is 14.0 Å². The number of hydrogen-bond acceptors (Lipinski definition) is 6. The van der Waals surface area contributed by atoms with Crippen molar-refractivity contribution in [2.75, 3.05) is 0 Å². The average Bonchev–Trinajstić information content (AvgIpc) is 3.45. The summed E-state index contributed by atoms with van der Waals surface area (Å²) in [4.78, 5) is 8.89. The van der Waals surface area contributed by atoms with Crippen LogP contribution in [0.4, 0.5) is 0 Å². The second-order valence-electron chi connectivity index (χ2n) is 16.0. The largest absolute Gasteiger partial charge is 0.489 e. The van der Waals surface area contributed by atoms with Crippen LogP contribution in [-0.2, 0) is 25.0 Å². The fourth-order valence-electron chi connectivity index (χ4n) is 7.32. The van der Waals surface area contributed by atoms with Crippen LogP contribution in [0.2, 0.25) is 0 Å². The molecule has 3 aliphatic heterocycles. The van der Waals surface area contributed by atoms with Crippen molar-refractivity contribution in [1.82, 2.24) is 4.98 Å². The number of allylic oxidation sites excluding steroid dienone is 5. The Hall–Kier alpha value is -3.26. The maximum Gasteiger partial charge on any atom is 0.489 e. The third-order valence-corrected chi connectivity index (χ3v) is 11.7. The van der Waals surface area contributed by atoms with E-state index in [1.165, 1.54) is 16.7 Å². The lowest BCUT2D eigenvalue weighted by Crippen LogP contribution is -2.46. The highest BCUT2D eigenvalue weighted by Gasteiger charge is 2.64. The molecule has 4 aliphatic rings. The molecule has 6 nitrogen and oxygen atoms in total. The van der Waals surface area contributed by atoms with E-state index in [0.717, 1.165) is 45.7 Å². The van der Waals surface area contributed by atoms with E-state index in [1.807, 2.05) is 52.4 Å². The monoisotopic (exact) mass is 688 g/mol. The van der Waals surface area contributed by atoms with Crippen molar-refractivity contribution in [1.29, 1.82) is 0 Å². The van der Waals surface area contributed by atoms with Crippen molar-refractivity contribution < 1.29 is 18.6 Å². The van der Waals surface area contributed by atoms with E-state index in [0.29, 0.717) is 12.3 Å². The first-order valence-electron chi connectivity index (χ1n) is 17.8. The van der Waals surface area contributed by atoms with Gasteiger partial charge in [0.2, 0.25) is 0 Å². The van der Waals surface area contributed by atoms with Gasteiger partial charge in [0.05, 0.1) is 22.4 Å². The van der Waals surface area contributed by atoms with Crippen LogP contribution in [0.1, 0.15) is 96.4 Å². The zero-order valence-electron chi connectivity index (χ0n) is 30.5. The summed E-state index contributed by atoms with van der Waals surface area (Å²) in [5.74, 6) is 0.574. The predicted octanol–water partition coefficient (Wildman–Crippen LogP) is 9.68. The van der Waals surface area contributed by atoms with Gasteiger partial charge in [-0.1, -0.05) is 67.1 Å². The molecule has 0 N–H and O–H groups in total. The Morgan fingerprint density at radius 2 is 1.50 bits per heavy atom. The van der Waals surface area contributed by atoms with Crippen molar-refractivity contribution in [2.24, 2.45) is 10.9 Å². The third kappa shape index (κ3) is 6.73. The van der Waals surface area contributed by atoms with Crippen LogP contribution in [0, 0.1) is 5.92 Å². The number of hydrogen-bond donors (Lipinski definition) is 0. The second-order valence-corrected chi connectivity index (χ2v) is 16.5. The molecule has 2 fully saturated rings. The highest BCUT2D eigenvalue weighted by molar-refractivity contribution is 7.11. The van der Waals surface area contributed by atoms with Crippen LogP contribution in [0.3, 0.4) is 0 Å². The molecule has 0 radical (unpaired) electrons. The molecule has 2 saturated heterocycles. The molecule has 3 unspecified atom stereocenters. The lowest BCUT2D eigenvalue weighted by Gasteiger charge is -2.37. The molecule has 3 atom stereocenters. The standard InChI is InChI=1S/C41H47B2ClN2O4/c1-27-14-16-46-26-37(27)30-12-9-11-29(19-30)34-21-35(23-36(44)22-34)33-18-28(17-32(20-33)31-13-10-15-45-25-31)24-41(8)40(6,7)49-43(50-41)42-47-38(2,3)39(4,5)48-42/h9-13,15-21,23,25-27,34H,14,22,24H2,1-8H3. The molecule has 4 heterocycles. The fourth-order valence-corrected chi connectivity index (χ4v) is 7.61. The number of aliphatic imine (C=N–C) groups is 1. The molecule has 258 valence electrons. The van der Waals surface area contributed by atoms with E-state index in [4.69, 9.17) is 30.2 Å². The fraction of sp³-hybridized carbons (Fsp3) is 0.415. The molecule has 0 spiro atoms. The summed E-state index contributed by atoms with van der Waals surface area (Å²) < 4.78 is 26.1. The van der Waals surface area contributed by atoms with E-state index in [-0.39, 0.29) is 5.92 Å². The predicted molar refractivity (Wildman–Crippen MR) is 206 cm³/mol. The molecule has 0 saturated carbocycles. The lowest BCUT2D eigenvalue weighted by atomic mass is 9.49. The molecule has 0 amide bonds. The van der Waals surface area contributed by atoms with Gasteiger partial charge in [-0.25, -0.2) is 0 Å². The Morgan fingerprint density at radius 1 is 0.800 bits per heavy atom. The van der Waals surface area contributed by atoms with Gasteiger partial charge in [-0.15, -0.1) is 0 Å². The smallest absolute Gasteiger partial charge is 0.405 e. The maximum absolute atomic E-state index is 6.95. The minimum absolute atomic E-state index is 0.139. The maximum atomic E-state index is 6.95. The quantitative estimate of drug-likeness (QED) is 0.231. The van der Waals surface area contributed by atoms with Gasteiger partial charge in [-0.05, 0) is 124 Å². The summed E-state index contributed by atoms with van der Waals surface area (Å²) in [7, 11) is -1.28. The zero-order valence-corrected chi connectivity index (χ0v) is 31.3. The molecule has 1 aliphatic carbocycles. The molecule has 0 bridgehead atoms. The van der Waals surface area contributed by atoms with Crippen LogP contribution in [0.25, 0.3) is 22.3 Å². The van der Waals surface area contributed by atoms with Crippen molar-refractivity contribution in [2.45, 2.75) is 103 Å². The van der Waals surface area contributed by atoms with E-state index in [2.05, 4.69) is 98.4 Å². The van der Waals surface area contributed by atoms with Crippen LogP contribution in [-0.4, -0.2) is 47.6 Å². The van der Waals surface area contributed by atoms with Crippen molar-refractivity contribution in [3.63, 3.8) is 0 Å². The first-order valence-corrected chi connectivity index (χ1v) is 18.2. The second kappa shape index (κ2) is 13.1. The van der Waals surface area contributed by atoms with Crippen LogP contribution in [0.5, 0.6) is 0 Å². The highest BCUT2D eigenvalue weighted by Crippen LogP contribution is 2.46. The van der Waals surface area contributed by atoms with E-state index >= 15 is 0 Å². The van der Waals surface area contributed by atoms with Gasteiger partial charge in [-0.2, -0.15) is 0 Å². The highest BCUT2D eigenvalue weighted by atomic mass is 35.5. The minimum atomic E-state index is -0.668. The Bertz CT molecular complexity index is 1890.